The van der Waals surface area contributed by atoms with Crippen molar-refractivity contribution in [3.05, 3.63) is 129 Å². The third-order valence-electron chi connectivity index (χ3n) is 7.48. The van der Waals surface area contributed by atoms with Gasteiger partial charge in [-0.05, 0) is 70.8 Å². The number of anilines is 2. The van der Waals surface area contributed by atoms with Crippen LogP contribution in [-0.2, 0) is 26.2 Å². The number of hydrogen-bond acceptors (Lipinski definition) is 2. The van der Waals surface area contributed by atoms with Crippen LogP contribution in [0.4, 0.5) is 11.4 Å². The van der Waals surface area contributed by atoms with Crippen molar-refractivity contribution in [3.63, 3.8) is 0 Å². The van der Waals surface area contributed by atoms with Gasteiger partial charge in [0.25, 0.3) is 0 Å². The van der Waals surface area contributed by atoms with E-state index in [0.29, 0.717) is 0 Å². The SMILES string of the molecule is CC1=C([Si](C)(C)C2=C(C)C=C3CN(c4ccccc4)C=C32)C2=CN(c3ccccc3)CC2=C1.[Cl-].[Cl-].[Zr+2]. The van der Waals surface area contributed by atoms with Crippen LogP contribution in [0.5, 0.6) is 0 Å². The van der Waals surface area contributed by atoms with Crippen molar-refractivity contribution in [1.29, 1.82) is 0 Å². The second-order valence-corrected chi connectivity index (χ2v) is 14.3. The van der Waals surface area contributed by atoms with Crippen molar-refractivity contribution in [2.45, 2.75) is 26.9 Å². The summed E-state index contributed by atoms with van der Waals surface area (Å²) < 4.78 is 0. The Morgan fingerprint density at radius 1 is 0.611 bits per heavy atom. The normalized spacial score (nSPS) is 18.0. The summed E-state index contributed by atoms with van der Waals surface area (Å²) >= 11 is 0. The van der Waals surface area contributed by atoms with Gasteiger partial charge in [-0.15, -0.1) is 0 Å². The van der Waals surface area contributed by atoms with Gasteiger partial charge in [0, 0.05) is 36.9 Å². The molecular weight excluding hydrogens is 579 g/mol. The summed E-state index contributed by atoms with van der Waals surface area (Å²) in [5, 5.41) is 3.22. The van der Waals surface area contributed by atoms with Gasteiger partial charge in [-0.3, -0.25) is 0 Å². The molecule has 6 rings (SSSR count). The number of allylic oxidation sites excluding steroid dienone is 6. The molecule has 0 spiro atoms. The minimum atomic E-state index is -1.93. The van der Waals surface area contributed by atoms with Crippen molar-refractivity contribution < 1.29 is 51.0 Å². The summed E-state index contributed by atoms with van der Waals surface area (Å²) in [5.74, 6) is 0. The van der Waals surface area contributed by atoms with Crippen molar-refractivity contribution in [1.82, 2.24) is 0 Å². The van der Waals surface area contributed by atoms with Crippen LogP contribution in [0.25, 0.3) is 0 Å². The number of para-hydroxylation sites is 2. The monoisotopic (exact) mass is 606 g/mol. The maximum absolute atomic E-state index is 2.55. The van der Waals surface area contributed by atoms with Gasteiger partial charge in [0.1, 0.15) is 8.07 Å². The molecule has 2 aromatic rings. The second kappa shape index (κ2) is 10.9. The number of benzene rings is 2. The summed E-state index contributed by atoms with van der Waals surface area (Å²) in [5.41, 5.74) is 11.4. The molecule has 36 heavy (non-hydrogen) atoms. The van der Waals surface area contributed by atoms with Gasteiger partial charge in [-0.1, -0.05) is 72.8 Å². The molecule has 2 nitrogen and oxygen atoms in total. The first-order valence-corrected chi connectivity index (χ1v) is 14.9. The Labute approximate surface area is 247 Å². The first-order valence-electron chi connectivity index (χ1n) is 11.9. The van der Waals surface area contributed by atoms with Gasteiger partial charge in [-0.25, -0.2) is 0 Å². The molecule has 0 saturated carbocycles. The predicted molar refractivity (Wildman–Crippen MR) is 143 cm³/mol. The van der Waals surface area contributed by atoms with E-state index in [1.165, 1.54) is 44.8 Å². The van der Waals surface area contributed by atoms with E-state index in [9.17, 15) is 0 Å². The van der Waals surface area contributed by atoms with Gasteiger partial charge >= 0.3 is 26.2 Å². The topological polar surface area (TPSA) is 6.48 Å². The third-order valence-corrected chi connectivity index (χ3v) is 11.3. The summed E-state index contributed by atoms with van der Waals surface area (Å²) in [6.07, 6.45) is 9.69. The first-order chi connectivity index (χ1) is 15.9. The van der Waals surface area contributed by atoms with Crippen LogP contribution in [0.2, 0.25) is 13.1 Å². The van der Waals surface area contributed by atoms with Crippen LogP contribution in [-0.4, -0.2) is 21.2 Å². The van der Waals surface area contributed by atoms with Crippen LogP contribution in [0, 0.1) is 0 Å². The van der Waals surface area contributed by atoms with E-state index < -0.39 is 8.07 Å². The number of halogens is 2. The van der Waals surface area contributed by atoms with Crippen molar-refractivity contribution in [2.24, 2.45) is 0 Å². The van der Waals surface area contributed by atoms with Crippen LogP contribution in [0.3, 0.4) is 0 Å². The van der Waals surface area contributed by atoms with E-state index >= 15 is 0 Å². The fraction of sp³-hybridized carbons (Fsp3) is 0.200. The van der Waals surface area contributed by atoms with E-state index in [4.69, 9.17) is 0 Å². The Hall–Kier alpha value is -1.84. The predicted octanol–water partition coefficient (Wildman–Crippen LogP) is 1.10. The number of fused-ring (bicyclic) bond motifs is 2. The molecule has 0 unspecified atom stereocenters. The fourth-order valence-corrected chi connectivity index (χ4v) is 10.4. The summed E-state index contributed by atoms with van der Waals surface area (Å²) in [7, 11) is -1.93. The van der Waals surface area contributed by atoms with Crippen molar-refractivity contribution in [3.8, 4) is 0 Å². The molecule has 0 radical (unpaired) electrons. The van der Waals surface area contributed by atoms with Gasteiger partial charge in [0.15, 0.2) is 0 Å². The Kier molecular flexibility index (Phi) is 8.68. The van der Waals surface area contributed by atoms with Gasteiger partial charge < -0.3 is 34.6 Å². The van der Waals surface area contributed by atoms with E-state index in [-0.39, 0.29) is 51.0 Å². The Balaban J connectivity index is 0.00000120. The smallest absolute Gasteiger partial charge is 1.00 e. The standard InChI is InChI=1S/C30H30N2Si.2ClH.Zr/c1-21-15-23-17-31(25-11-7-5-8-12-25)19-27(23)29(21)33(3,4)30-22(2)16-24-18-32(20-28(24)30)26-13-9-6-10-14-26;;;/h5-16,19-20H,17-18H2,1-4H3;2*1H;/q;;;+2/p-2. The Morgan fingerprint density at radius 3 is 1.33 bits per heavy atom. The van der Waals surface area contributed by atoms with E-state index in [1.54, 1.807) is 10.4 Å². The van der Waals surface area contributed by atoms with Crippen LogP contribution in [0.15, 0.2) is 129 Å². The first kappa shape index (κ1) is 28.7. The molecule has 6 heteroatoms. The number of hydrogen-bond donors (Lipinski definition) is 0. The Morgan fingerprint density at radius 2 is 0.972 bits per heavy atom. The molecule has 2 aliphatic heterocycles. The second-order valence-electron chi connectivity index (χ2n) is 10.1. The number of nitrogens with zero attached hydrogens (tertiary/aromatic N) is 2. The molecule has 2 aromatic carbocycles. The molecule has 182 valence electrons. The fourth-order valence-electron chi connectivity index (χ4n) is 6.25. The zero-order chi connectivity index (χ0) is 22.7. The average Bonchev–Trinajstić information content (AvgIpc) is 3.53. The minimum absolute atomic E-state index is 0. The maximum atomic E-state index is 2.55. The van der Waals surface area contributed by atoms with Crippen molar-refractivity contribution in [2.75, 3.05) is 22.9 Å². The molecule has 0 N–H and O–H groups in total. The number of rotatable bonds is 4. The molecule has 0 atom stereocenters. The molecule has 0 amide bonds. The molecule has 0 saturated heterocycles. The summed E-state index contributed by atoms with van der Waals surface area (Å²) in [4.78, 5) is 4.81. The maximum Gasteiger partial charge on any atom is 2.00 e. The van der Waals surface area contributed by atoms with Crippen LogP contribution >= 0.6 is 0 Å². The van der Waals surface area contributed by atoms with E-state index in [2.05, 4.69) is 122 Å². The van der Waals surface area contributed by atoms with Gasteiger partial charge in [-0.2, -0.15) is 0 Å². The van der Waals surface area contributed by atoms with E-state index in [1.807, 2.05) is 0 Å². The molecule has 2 aliphatic carbocycles. The third kappa shape index (κ3) is 4.63. The zero-order valence-corrected chi connectivity index (χ0v) is 26.1. The van der Waals surface area contributed by atoms with Crippen LogP contribution < -0.4 is 34.6 Å². The molecule has 0 bridgehead atoms. The molecule has 2 heterocycles. The molecular formula is C30H30Cl2N2SiZr. The molecule has 0 fully saturated rings. The summed E-state index contributed by atoms with van der Waals surface area (Å²) in [6.45, 7) is 11.7. The average molecular weight is 609 g/mol. The Bertz CT molecular complexity index is 1250. The van der Waals surface area contributed by atoms with Gasteiger partial charge in [0.05, 0.1) is 0 Å². The minimum Gasteiger partial charge on any atom is -1.00 e. The molecule has 0 aromatic heterocycles. The quantitative estimate of drug-likeness (QED) is 0.480. The van der Waals surface area contributed by atoms with E-state index in [0.717, 1.165) is 13.1 Å². The molecule has 4 aliphatic rings. The van der Waals surface area contributed by atoms with Crippen molar-refractivity contribution >= 4 is 19.4 Å². The zero-order valence-electron chi connectivity index (χ0n) is 21.1. The largest absolute Gasteiger partial charge is 2.00 e. The van der Waals surface area contributed by atoms with Gasteiger partial charge in [0.2, 0.25) is 0 Å². The van der Waals surface area contributed by atoms with Crippen LogP contribution in [0.1, 0.15) is 13.8 Å². The summed E-state index contributed by atoms with van der Waals surface area (Å²) in [6, 6.07) is 21.5.